The Kier molecular flexibility index (Phi) is 40.8. The number of benzene rings is 4. The van der Waals surface area contributed by atoms with Crippen molar-refractivity contribution >= 4 is 121 Å². The number of carbonyl (C=O) groups excluding carboxylic acids is 14. The number of amides is 14. The number of aliphatic hydroxyl groups excluding tert-OH is 3. The molecule has 38 nitrogen and oxygen atoms in total. The fourth-order valence-corrected chi connectivity index (χ4v) is 15.7. The number of nitrogens with two attached hydrogens (primary N) is 4. The fraction of sp³-hybridized carbons (Fsp3) is 0.494. The first-order valence-corrected chi connectivity index (χ1v) is 42.7. The zero-order valence-corrected chi connectivity index (χ0v) is 68.8. The molecule has 7 rings (SSSR count). The van der Waals surface area contributed by atoms with Crippen LogP contribution >= 0.6 is 21.6 Å². The van der Waals surface area contributed by atoms with Crippen molar-refractivity contribution in [3.8, 4) is 0 Å². The van der Waals surface area contributed by atoms with Gasteiger partial charge in [-0.1, -0.05) is 131 Å². The van der Waals surface area contributed by atoms with Gasteiger partial charge in [-0.25, -0.2) is 4.79 Å². The minimum absolute atomic E-state index is 0.118. The number of aliphatic hydroxyl groups is 3. The van der Waals surface area contributed by atoms with E-state index in [2.05, 4.69) is 79.4 Å². The van der Waals surface area contributed by atoms with Gasteiger partial charge in [0.25, 0.3) is 0 Å². The van der Waals surface area contributed by atoms with Crippen molar-refractivity contribution < 1.29 is 92.3 Å². The summed E-state index contributed by atoms with van der Waals surface area (Å²) in [5.74, 6) is -17.1. The number of hydrogen-bond donors (Lipinski definition) is 23. The van der Waals surface area contributed by atoms with Gasteiger partial charge in [0.2, 0.25) is 82.7 Å². The van der Waals surface area contributed by atoms with Crippen LogP contribution in [0.2, 0.25) is 0 Å². The molecule has 1 aromatic heterocycles. The number of nitrogens with one attached hydrogen (secondary N) is 15. The van der Waals surface area contributed by atoms with E-state index in [1.807, 2.05) is 0 Å². The summed E-state index contributed by atoms with van der Waals surface area (Å²) in [6.07, 6.45) is -0.0726. The summed E-state index contributed by atoms with van der Waals surface area (Å²) in [4.78, 5) is 221. The summed E-state index contributed by atoms with van der Waals surface area (Å²) in [6.45, 7) is -0.341. The highest BCUT2D eigenvalue weighted by atomic mass is 33.1. The number of para-hydroxylation sites is 1. The van der Waals surface area contributed by atoms with Crippen molar-refractivity contribution in [2.24, 2.45) is 22.9 Å². The number of fused-ring (bicyclic) bond motifs is 1. The van der Waals surface area contributed by atoms with Gasteiger partial charge >= 0.3 is 5.97 Å². The molecule has 0 unspecified atom stereocenters. The first kappa shape index (κ1) is 97.0. The smallest absolute Gasteiger partial charge is 0.326 e. The monoisotopic (exact) mass is 1720 g/mol. The quantitative estimate of drug-likeness (QED) is 0.0152. The van der Waals surface area contributed by atoms with Crippen LogP contribution in [0, 0.1) is 0 Å². The van der Waals surface area contributed by atoms with Gasteiger partial charge in [-0.2, -0.15) is 0 Å². The molecule has 40 heteroatoms. The Hall–Kier alpha value is -11.1. The highest BCUT2D eigenvalue weighted by Crippen LogP contribution is 2.25. The third-order valence-corrected chi connectivity index (χ3v) is 22.5. The largest absolute Gasteiger partial charge is 0.480 e. The Bertz CT molecular complexity index is 4280. The van der Waals surface area contributed by atoms with Gasteiger partial charge < -0.3 is 123 Å². The molecule has 0 saturated carbocycles. The summed E-state index contributed by atoms with van der Waals surface area (Å²) < 4.78 is 0. The number of rotatable bonds is 30. The van der Waals surface area contributed by atoms with Crippen molar-refractivity contribution in [1.29, 1.82) is 0 Å². The lowest BCUT2D eigenvalue weighted by atomic mass is 10.00. The Morgan fingerprint density at radius 2 is 0.876 bits per heavy atom. The number of aromatic nitrogens is 1. The van der Waals surface area contributed by atoms with Crippen molar-refractivity contribution in [3.63, 3.8) is 0 Å². The SMILES string of the molecule is C[C@H](O)[C@H]1NC(=O)[C@H](CCCCN)NC(=O)[C@H](Cc2c[nH]c3ccccc23)NC(=O)[C@H](Cc2ccccc2)NC(=O)[C@H](Cc2ccccc2)NC(=O)[C@H](CC(N)=O)NC(=O)[C@H](CCCCN)NC(=O)[C@@H](NC(=O)[C@@H]2CCCN2)CSSC[C@@H](C(=O)N[C@@H](CCCCN)C(=O)O)NC(=O)[C@H](CO)NC(=O)[C@H](CO)NC(=O)[C@H](Cc2ccccc2)NC1=O. The fourth-order valence-electron chi connectivity index (χ4n) is 13.4. The van der Waals surface area contributed by atoms with Gasteiger partial charge in [0.1, 0.15) is 78.5 Å². The average molecular weight is 1720 g/mol. The van der Waals surface area contributed by atoms with Crippen molar-refractivity contribution in [2.75, 3.05) is 50.9 Å². The molecular weight excluding hydrogens is 1610 g/mol. The second-order valence-electron chi connectivity index (χ2n) is 29.5. The molecule has 4 aromatic carbocycles. The molecule has 5 aromatic rings. The van der Waals surface area contributed by atoms with Crippen LogP contribution in [-0.4, -0.2) is 256 Å². The number of carboxylic acid groups (broad SMARTS) is 1. The normalized spacial score (nSPS) is 24.2. The molecule has 0 bridgehead atoms. The van der Waals surface area contributed by atoms with E-state index < -0.39 is 205 Å². The molecular formula is C81H113N19O19S2. The van der Waals surface area contributed by atoms with Gasteiger partial charge in [-0.15, -0.1) is 0 Å². The summed E-state index contributed by atoms with van der Waals surface area (Å²) in [6, 6.07) is 8.82. The number of aliphatic carboxylic acids is 1. The second-order valence-corrected chi connectivity index (χ2v) is 32.1. The predicted molar refractivity (Wildman–Crippen MR) is 449 cm³/mol. The third kappa shape index (κ3) is 31.8. The van der Waals surface area contributed by atoms with Crippen LogP contribution in [-0.2, 0) is 97.6 Å². The van der Waals surface area contributed by atoms with Crippen LogP contribution < -0.4 is 97.4 Å². The van der Waals surface area contributed by atoms with Gasteiger partial charge in [-0.05, 0) is 132 Å². The molecule has 0 aliphatic carbocycles. The van der Waals surface area contributed by atoms with E-state index in [0.717, 1.165) is 28.5 Å². The van der Waals surface area contributed by atoms with Crippen LogP contribution in [0.25, 0.3) is 10.9 Å². The number of H-pyrrole nitrogens is 1. The van der Waals surface area contributed by atoms with E-state index in [0.29, 0.717) is 71.8 Å². The first-order valence-electron chi connectivity index (χ1n) is 40.2. The molecule has 3 heterocycles. The van der Waals surface area contributed by atoms with Crippen molar-refractivity contribution in [1.82, 2.24) is 79.4 Å². The van der Waals surface area contributed by atoms with Gasteiger partial charge in [0.15, 0.2) is 0 Å². The number of primary amides is 1. The van der Waals surface area contributed by atoms with Gasteiger partial charge in [-0.3, -0.25) is 67.1 Å². The van der Waals surface area contributed by atoms with Gasteiger partial charge in [0, 0.05) is 54.3 Å². The van der Waals surface area contributed by atoms with Crippen LogP contribution in [0.3, 0.4) is 0 Å². The standard InChI is InChI=1S/C81H113N19O19S2/c1-46(103)67-80(117)95-59(38-49-24-9-4-10-25-49)73(110)96-62(42-101)76(113)97-63(43-102)77(114)99-65(79(116)90-56(81(118)119)30-15-18-34-84)45-121-120-44-64(98-68(105)53-31-19-35-86-53)78(115)89-54(28-13-16-32-82)69(106)94-61(40-66(85)104)75(112)92-57(36-47-20-5-2-6-21-47)71(108)91-58(37-48-22-7-3-8-23-48)72(109)93-60(39-50-41-87-52-27-12-11-26-51(50)52)74(111)88-55(70(107)100-67)29-14-17-33-83/h2-12,20-27,41,46,53-65,67,86-87,101-103H,13-19,28-40,42-45,82-84H2,1H3,(H2,85,104)(H,88,111)(H,89,115)(H,90,116)(H,91,108)(H,92,112)(H,93,109)(H,94,106)(H,95,117)(H,96,110)(H,97,113)(H,98,105)(H,99,114)(H,100,107)(H,118,119)/t46-,53-,54-,55-,56-,57-,58-,59-,60-,61-,62-,63-,64-,65-,67+/m0/s1. The molecule has 2 aliphatic heterocycles. The summed E-state index contributed by atoms with van der Waals surface area (Å²) in [5, 5.41) is 79.9. The summed E-state index contributed by atoms with van der Waals surface area (Å²) >= 11 is 0. The zero-order valence-electron chi connectivity index (χ0n) is 67.2. The minimum Gasteiger partial charge on any atom is -0.480 e. The zero-order chi connectivity index (χ0) is 87.9. The number of hydrogen-bond acceptors (Lipinski definition) is 24. The van der Waals surface area contributed by atoms with Crippen molar-refractivity contribution in [3.05, 3.63) is 144 Å². The van der Waals surface area contributed by atoms with Crippen LogP contribution in [0.5, 0.6) is 0 Å². The van der Waals surface area contributed by atoms with Crippen LogP contribution in [0.15, 0.2) is 121 Å². The van der Waals surface area contributed by atoms with E-state index >= 15 is 14.4 Å². The molecule has 14 amide bonds. The topological polar surface area (TPSA) is 625 Å². The van der Waals surface area contributed by atoms with Gasteiger partial charge in [0.05, 0.1) is 31.8 Å². The molecule has 2 fully saturated rings. The molecule has 0 radical (unpaired) electrons. The Labute approximate surface area is 707 Å². The maximum absolute atomic E-state index is 15.4. The minimum atomic E-state index is -1.99. The molecule has 27 N–H and O–H groups in total. The van der Waals surface area contributed by atoms with E-state index in [1.54, 1.807) is 121 Å². The lowest BCUT2D eigenvalue weighted by Crippen LogP contribution is -2.63. The first-order chi connectivity index (χ1) is 58.1. The Morgan fingerprint density at radius 1 is 0.463 bits per heavy atom. The Balaban J connectivity index is 1.33. The summed E-state index contributed by atoms with van der Waals surface area (Å²) in [5.41, 5.74) is 25.8. The third-order valence-electron chi connectivity index (χ3n) is 20.1. The second kappa shape index (κ2) is 50.8. The molecule has 121 heavy (non-hydrogen) atoms. The van der Waals surface area contributed by atoms with Crippen LogP contribution in [0.1, 0.15) is 106 Å². The average Bonchev–Trinajstić information content (AvgIpc) is 1.70. The maximum atomic E-state index is 15.4. The molecule has 658 valence electrons. The predicted octanol–water partition coefficient (Wildman–Crippen LogP) is -4.40. The number of carboxylic acids is 1. The molecule has 15 atom stereocenters. The summed E-state index contributed by atoms with van der Waals surface area (Å²) in [7, 11) is 1.68. The van der Waals surface area contributed by atoms with E-state index in [4.69, 9.17) is 22.9 Å². The van der Waals surface area contributed by atoms with E-state index in [-0.39, 0.29) is 89.6 Å². The maximum Gasteiger partial charge on any atom is 0.326 e. The lowest BCUT2D eigenvalue weighted by molar-refractivity contribution is -0.142. The van der Waals surface area contributed by atoms with Crippen molar-refractivity contribution in [2.45, 2.75) is 200 Å². The number of carbonyl (C=O) groups is 15. The van der Waals surface area contributed by atoms with E-state index in [9.17, 15) is 78.0 Å². The number of aromatic amines is 1. The van der Waals surface area contributed by atoms with E-state index in [1.165, 1.54) is 0 Å². The highest BCUT2D eigenvalue weighted by Gasteiger charge is 2.40. The highest BCUT2D eigenvalue weighted by molar-refractivity contribution is 8.76. The molecule has 0 spiro atoms. The van der Waals surface area contributed by atoms with Crippen LogP contribution in [0.4, 0.5) is 0 Å². The molecule has 2 saturated heterocycles. The lowest BCUT2D eigenvalue weighted by Gasteiger charge is -2.29. The molecule has 2 aliphatic rings. The Morgan fingerprint density at radius 3 is 1.36 bits per heavy atom. The number of unbranched alkanes of at least 4 members (excludes halogenated alkanes) is 3.